The molecule has 0 aliphatic heterocycles. The SMILES string of the molecule is CNCCNC(=O)c1cc[c]([Hg])cc1. The monoisotopic (exact) mass is 379 g/mol. The molecule has 2 N–H and O–H groups in total. The van der Waals surface area contributed by atoms with Crippen molar-refractivity contribution in [1.29, 1.82) is 0 Å². The van der Waals surface area contributed by atoms with Crippen molar-refractivity contribution in [1.82, 2.24) is 10.6 Å². The normalized spacial score (nSPS) is 9.93. The van der Waals surface area contributed by atoms with Gasteiger partial charge in [0.15, 0.2) is 0 Å². The molecular formula is C10H13HgN2O. The molecule has 1 rings (SSSR count). The Hall–Kier alpha value is -0.415. The van der Waals surface area contributed by atoms with Crippen molar-refractivity contribution in [3.8, 4) is 0 Å². The third-order valence-corrected chi connectivity index (χ3v) is 3.71. The van der Waals surface area contributed by atoms with Crippen molar-refractivity contribution in [2.45, 2.75) is 0 Å². The standard InChI is InChI=1S/C10H13N2O.Hg/c1-11-7-8-12-10(13)9-5-3-2-4-6-9;/h3-6,11H,7-8H2,1H3,(H,12,13);. The van der Waals surface area contributed by atoms with Gasteiger partial charge in [0.05, 0.1) is 0 Å². The molecule has 0 fully saturated rings. The number of carbonyl (C=O) groups is 1. The van der Waals surface area contributed by atoms with Crippen LogP contribution in [0.4, 0.5) is 0 Å². The van der Waals surface area contributed by atoms with E-state index in [1.807, 2.05) is 31.3 Å². The van der Waals surface area contributed by atoms with E-state index in [0.29, 0.717) is 32.7 Å². The summed E-state index contributed by atoms with van der Waals surface area (Å²) < 4.78 is 1.36. The molecule has 0 aliphatic rings. The summed E-state index contributed by atoms with van der Waals surface area (Å²) in [5, 5.41) is 5.81. The first-order chi connectivity index (χ1) is 6.74. The van der Waals surface area contributed by atoms with Gasteiger partial charge >= 0.3 is 100 Å². The Labute approximate surface area is 100 Å². The van der Waals surface area contributed by atoms with Crippen molar-refractivity contribution >= 4 is 8.98 Å². The molecule has 0 radical (unpaired) electrons. The van der Waals surface area contributed by atoms with Gasteiger partial charge in [-0.05, 0) is 0 Å². The van der Waals surface area contributed by atoms with Gasteiger partial charge in [0.25, 0.3) is 0 Å². The van der Waals surface area contributed by atoms with Crippen LogP contribution in [0.2, 0.25) is 0 Å². The Kier molecular flexibility index (Phi) is 5.11. The van der Waals surface area contributed by atoms with E-state index in [0.717, 1.165) is 12.1 Å². The van der Waals surface area contributed by atoms with Gasteiger partial charge in [-0.2, -0.15) is 0 Å². The minimum absolute atomic E-state index is 0.00795. The average molecular weight is 378 g/mol. The summed E-state index contributed by atoms with van der Waals surface area (Å²) in [5.74, 6) is 0.00795. The number of hydrogen-bond acceptors (Lipinski definition) is 2. The molecule has 4 heteroatoms. The average Bonchev–Trinajstić information content (AvgIpc) is 2.19. The fourth-order valence-electron chi connectivity index (χ4n) is 1.06. The molecule has 0 saturated heterocycles. The van der Waals surface area contributed by atoms with Crippen LogP contribution in [0.1, 0.15) is 10.4 Å². The van der Waals surface area contributed by atoms with E-state index >= 15 is 0 Å². The molecule has 1 amide bonds. The topological polar surface area (TPSA) is 41.1 Å². The summed E-state index contributed by atoms with van der Waals surface area (Å²) >= 11 is 0.640. The molecule has 0 saturated carbocycles. The van der Waals surface area contributed by atoms with Crippen LogP contribution in [0.15, 0.2) is 24.3 Å². The molecule has 0 spiro atoms. The van der Waals surface area contributed by atoms with Crippen LogP contribution in [-0.2, 0) is 26.1 Å². The predicted molar refractivity (Wildman–Crippen MR) is 52.3 cm³/mol. The van der Waals surface area contributed by atoms with Crippen LogP contribution in [-0.4, -0.2) is 26.0 Å². The zero-order valence-electron chi connectivity index (χ0n) is 8.34. The van der Waals surface area contributed by atoms with Gasteiger partial charge in [-0.1, -0.05) is 0 Å². The number of benzene rings is 1. The van der Waals surface area contributed by atoms with Crippen molar-refractivity contribution < 1.29 is 30.9 Å². The van der Waals surface area contributed by atoms with Crippen LogP contribution >= 0.6 is 0 Å². The van der Waals surface area contributed by atoms with Gasteiger partial charge in [0.1, 0.15) is 0 Å². The second-order valence-electron chi connectivity index (χ2n) is 3.06. The summed E-state index contributed by atoms with van der Waals surface area (Å²) in [7, 11) is 1.87. The second-order valence-corrected chi connectivity index (χ2v) is 6.23. The third-order valence-electron chi connectivity index (χ3n) is 1.88. The molecule has 71 valence electrons. The summed E-state index contributed by atoms with van der Waals surface area (Å²) in [4.78, 5) is 11.5. The number of rotatable bonds is 4. The molecule has 0 heterocycles. The first-order valence-electron chi connectivity index (χ1n) is 4.59. The Morgan fingerprint density at radius 3 is 2.50 bits per heavy atom. The van der Waals surface area contributed by atoms with Gasteiger partial charge in [-0.25, -0.2) is 0 Å². The summed E-state index contributed by atoms with van der Waals surface area (Å²) in [5.41, 5.74) is 0.746. The number of hydrogen-bond donors (Lipinski definition) is 2. The molecular weight excluding hydrogens is 365 g/mol. The van der Waals surface area contributed by atoms with E-state index in [9.17, 15) is 4.79 Å². The van der Waals surface area contributed by atoms with Gasteiger partial charge < -0.3 is 0 Å². The Bertz CT molecular complexity index is 297. The van der Waals surface area contributed by atoms with Gasteiger partial charge in [-0.15, -0.1) is 0 Å². The molecule has 1 aromatic carbocycles. The first-order valence-corrected chi connectivity index (χ1v) is 7.34. The van der Waals surface area contributed by atoms with E-state index < -0.39 is 0 Å². The van der Waals surface area contributed by atoms with E-state index in [1.165, 1.54) is 3.07 Å². The maximum absolute atomic E-state index is 11.5. The molecule has 1 aromatic rings. The molecule has 14 heavy (non-hydrogen) atoms. The molecule has 0 bridgehead atoms. The van der Waals surface area contributed by atoms with Crippen molar-refractivity contribution in [2.75, 3.05) is 20.1 Å². The Balaban J connectivity index is 2.48. The molecule has 3 nitrogen and oxygen atoms in total. The summed E-state index contributed by atoms with van der Waals surface area (Å²) in [6, 6.07) is 7.82. The summed E-state index contributed by atoms with van der Waals surface area (Å²) in [6.07, 6.45) is 0. The van der Waals surface area contributed by atoms with Crippen molar-refractivity contribution in [2.24, 2.45) is 0 Å². The minimum atomic E-state index is 0.00795. The molecule has 0 aliphatic carbocycles. The van der Waals surface area contributed by atoms with Crippen LogP contribution in [0, 0.1) is 0 Å². The molecule has 0 unspecified atom stereocenters. The van der Waals surface area contributed by atoms with Crippen LogP contribution in [0.5, 0.6) is 0 Å². The number of carbonyl (C=O) groups excluding carboxylic acids is 1. The van der Waals surface area contributed by atoms with Crippen molar-refractivity contribution in [3.63, 3.8) is 0 Å². The number of likely N-dealkylation sites (N-methyl/N-ethyl adjacent to an activating group) is 1. The van der Waals surface area contributed by atoms with Crippen LogP contribution < -0.4 is 13.7 Å². The van der Waals surface area contributed by atoms with Gasteiger partial charge in [-0.3, -0.25) is 0 Å². The van der Waals surface area contributed by atoms with Crippen molar-refractivity contribution in [3.05, 3.63) is 29.8 Å². The Morgan fingerprint density at radius 2 is 1.93 bits per heavy atom. The van der Waals surface area contributed by atoms with E-state index in [4.69, 9.17) is 0 Å². The van der Waals surface area contributed by atoms with Crippen LogP contribution in [0.25, 0.3) is 0 Å². The van der Waals surface area contributed by atoms with Crippen LogP contribution in [0.3, 0.4) is 0 Å². The fraction of sp³-hybridized carbons (Fsp3) is 0.300. The van der Waals surface area contributed by atoms with E-state index in [2.05, 4.69) is 10.6 Å². The second kappa shape index (κ2) is 6.14. The quantitative estimate of drug-likeness (QED) is 0.564. The van der Waals surface area contributed by atoms with E-state index in [1.54, 1.807) is 0 Å². The van der Waals surface area contributed by atoms with Gasteiger partial charge in [0, 0.05) is 0 Å². The molecule has 0 aromatic heterocycles. The molecule has 0 atom stereocenters. The number of amides is 1. The zero-order chi connectivity index (χ0) is 10.4. The maximum atomic E-state index is 11.5. The predicted octanol–water partition coefficient (Wildman–Crippen LogP) is -0.192. The Morgan fingerprint density at radius 1 is 1.29 bits per heavy atom. The fourth-order valence-corrected chi connectivity index (χ4v) is 1.98. The van der Waals surface area contributed by atoms with Gasteiger partial charge in [0.2, 0.25) is 0 Å². The summed E-state index contributed by atoms with van der Waals surface area (Å²) in [6.45, 7) is 1.47. The number of nitrogens with one attached hydrogen (secondary N) is 2. The first kappa shape index (κ1) is 11.7. The zero-order valence-corrected chi connectivity index (χ0v) is 13.8. The third kappa shape index (κ3) is 3.76. The van der Waals surface area contributed by atoms with E-state index in [-0.39, 0.29) is 5.91 Å².